The second-order valence-corrected chi connectivity index (χ2v) is 11.6. The molecule has 1 aromatic heterocycles. The van der Waals surface area contributed by atoms with Gasteiger partial charge in [-0.3, -0.25) is 0 Å². The SMILES string of the molecule is CC[C@H](C)CN(C)CCN1CCn2c(c(C3CCCCC3)c3ccc(C(=O)O)cc32)-c2ccc(C)cc21. The van der Waals surface area contributed by atoms with E-state index in [-0.39, 0.29) is 0 Å². The summed E-state index contributed by atoms with van der Waals surface area (Å²) in [4.78, 5) is 16.9. The van der Waals surface area contributed by atoms with Crippen molar-refractivity contribution in [3.8, 4) is 11.3 Å². The van der Waals surface area contributed by atoms with Crippen LogP contribution >= 0.6 is 0 Å². The Kier molecular flexibility index (Phi) is 7.62. The molecule has 0 radical (unpaired) electrons. The molecule has 198 valence electrons. The lowest BCUT2D eigenvalue weighted by molar-refractivity contribution is 0.0697. The summed E-state index contributed by atoms with van der Waals surface area (Å²) in [5.41, 5.74) is 8.16. The topological polar surface area (TPSA) is 48.7 Å². The van der Waals surface area contributed by atoms with Gasteiger partial charge in [0, 0.05) is 54.9 Å². The monoisotopic (exact) mass is 501 g/mol. The summed E-state index contributed by atoms with van der Waals surface area (Å²) >= 11 is 0. The fourth-order valence-corrected chi connectivity index (χ4v) is 6.56. The van der Waals surface area contributed by atoms with Crippen molar-refractivity contribution in [3.05, 3.63) is 53.1 Å². The largest absolute Gasteiger partial charge is 0.478 e. The number of aryl methyl sites for hydroxylation is 1. The fraction of sp³-hybridized carbons (Fsp3) is 0.531. The molecule has 1 saturated carbocycles. The zero-order chi connectivity index (χ0) is 26.1. The minimum Gasteiger partial charge on any atom is -0.478 e. The lowest BCUT2D eigenvalue weighted by atomic mass is 9.81. The number of hydrogen-bond acceptors (Lipinski definition) is 3. The summed E-state index contributed by atoms with van der Waals surface area (Å²) in [6.45, 7) is 11.7. The Morgan fingerprint density at radius 2 is 1.89 bits per heavy atom. The molecule has 2 aromatic carbocycles. The highest BCUT2D eigenvalue weighted by molar-refractivity contribution is 5.99. The Morgan fingerprint density at radius 1 is 1.11 bits per heavy atom. The summed E-state index contributed by atoms with van der Waals surface area (Å²) in [5.74, 6) is 0.384. The molecule has 0 saturated heterocycles. The Labute approximate surface area is 222 Å². The molecule has 0 amide bonds. The van der Waals surface area contributed by atoms with Crippen LogP contribution in [0.25, 0.3) is 22.2 Å². The first kappa shape index (κ1) is 25.8. The Bertz CT molecular complexity index is 1270. The molecule has 5 nitrogen and oxygen atoms in total. The number of carboxylic acids is 1. The zero-order valence-corrected chi connectivity index (χ0v) is 23.1. The minimum absolute atomic E-state index is 0.375. The number of carbonyl (C=O) groups is 1. The Hall–Kier alpha value is -2.79. The lowest BCUT2D eigenvalue weighted by Gasteiger charge is -2.29. The van der Waals surface area contributed by atoms with E-state index < -0.39 is 5.97 Å². The molecular formula is C32H43N3O2. The van der Waals surface area contributed by atoms with Crippen LogP contribution in [0.1, 0.15) is 79.8 Å². The highest BCUT2D eigenvalue weighted by Crippen LogP contribution is 2.47. The predicted molar refractivity (Wildman–Crippen MR) is 154 cm³/mol. The Morgan fingerprint density at radius 3 is 2.62 bits per heavy atom. The number of aromatic nitrogens is 1. The smallest absolute Gasteiger partial charge is 0.335 e. The predicted octanol–water partition coefficient (Wildman–Crippen LogP) is 7.16. The quantitative estimate of drug-likeness (QED) is 0.356. The average molecular weight is 502 g/mol. The third-order valence-corrected chi connectivity index (χ3v) is 8.78. The molecule has 5 rings (SSSR count). The number of hydrogen-bond donors (Lipinski definition) is 1. The van der Waals surface area contributed by atoms with Crippen LogP contribution in [0.3, 0.4) is 0 Å². The van der Waals surface area contributed by atoms with Gasteiger partial charge in [-0.25, -0.2) is 4.79 Å². The second-order valence-electron chi connectivity index (χ2n) is 11.6. The lowest BCUT2D eigenvalue weighted by Crippen LogP contribution is -2.36. The summed E-state index contributed by atoms with van der Waals surface area (Å²) in [6, 6.07) is 12.7. The van der Waals surface area contributed by atoms with Crippen molar-refractivity contribution in [1.29, 1.82) is 0 Å². The van der Waals surface area contributed by atoms with E-state index in [1.807, 2.05) is 6.07 Å². The molecular weight excluding hydrogens is 458 g/mol. The summed E-state index contributed by atoms with van der Waals surface area (Å²) in [5, 5.41) is 11.0. The molecule has 0 spiro atoms. The van der Waals surface area contributed by atoms with Gasteiger partial charge in [-0.1, -0.05) is 57.7 Å². The van der Waals surface area contributed by atoms with Crippen LogP contribution < -0.4 is 4.90 Å². The van der Waals surface area contributed by atoms with Gasteiger partial charge >= 0.3 is 5.97 Å². The second kappa shape index (κ2) is 10.9. The number of nitrogens with zero attached hydrogens (tertiary/aromatic N) is 3. The Balaban J connectivity index is 1.61. The van der Waals surface area contributed by atoms with Crippen molar-refractivity contribution in [2.75, 3.05) is 38.1 Å². The number of carboxylic acid groups (broad SMARTS) is 1. The number of rotatable bonds is 8. The van der Waals surface area contributed by atoms with Gasteiger partial charge in [0.2, 0.25) is 0 Å². The van der Waals surface area contributed by atoms with Crippen molar-refractivity contribution < 1.29 is 9.90 Å². The van der Waals surface area contributed by atoms with Crippen molar-refractivity contribution in [1.82, 2.24) is 9.47 Å². The van der Waals surface area contributed by atoms with E-state index in [1.165, 1.54) is 72.0 Å². The van der Waals surface area contributed by atoms with Crippen LogP contribution in [0.2, 0.25) is 0 Å². The zero-order valence-electron chi connectivity index (χ0n) is 23.1. The first-order valence-corrected chi connectivity index (χ1v) is 14.3. The molecule has 0 bridgehead atoms. The third-order valence-electron chi connectivity index (χ3n) is 8.78. The highest BCUT2D eigenvalue weighted by atomic mass is 16.4. The molecule has 1 fully saturated rings. The molecule has 37 heavy (non-hydrogen) atoms. The first-order chi connectivity index (χ1) is 17.9. The van der Waals surface area contributed by atoms with Crippen LogP contribution in [0.15, 0.2) is 36.4 Å². The molecule has 2 heterocycles. The van der Waals surface area contributed by atoms with Gasteiger partial charge in [0.25, 0.3) is 0 Å². The van der Waals surface area contributed by atoms with E-state index >= 15 is 0 Å². The summed E-state index contributed by atoms with van der Waals surface area (Å²) in [6.07, 6.45) is 7.53. The van der Waals surface area contributed by atoms with Gasteiger partial charge in [-0.15, -0.1) is 0 Å². The van der Waals surface area contributed by atoms with Crippen LogP contribution in [0.4, 0.5) is 5.69 Å². The van der Waals surface area contributed by atoms with Gasteiger partial charge in [0.15, 0.2) is 0 Å². The first-order valence-electron chi connectivity index (χ1n) is 14.3. The maximum Gasteiger partial charge on any atom is 0.335 e. The van der Waals surface area contributed by atoms with Crippen molar-refractivity contribution in [2.24, 2.45) is 5.92 Å². The number of aromatic carboxylic acids is 1. The number of benzene rings is 2. The fourth-order valence-electron chi connectivity index (χ4n) is 6.56. The van der Waals surface area contributed by atoms with E-state index in [1.54, 1.807) is 6.07 Å². The average Bonchev–Trinajstić information content (AvgIpc) is 3.13. The molecule has 5 heteroatoms. The highest BCUT2D eigenvalue weighted by Gasteiger charge is 2.30. The third kappa shape index (κ3) is 5.16. The maximum atomic E-state index is 11.9. The summed E-state index contributed by atoms with van der Waals surface area (Å²) in [7, 11) is 2.24. The number of fused-ring (bicyclic) bond motifs is 5. The van der Waals surface area contributed by atoms with E-state index in [0.717, 1.165) is 38.2 Å². The molecule has 0 unspecified atom stereocenters. The molecule has 1 aliphatic carbocycles. The molecule has 1 aliphatic heterocycles. The van der Waals surface area contributed by atoms with Crippen LogP contribution in [0.5, 0.6) is 0 Å². The van der Waals surface area contributed by atoms with E-state index in [0.29, 0.717) is 17.4 Å². The number of anilines is 1. The maximum absolute atomic E-state index is 11.9. The van der Waals surface area contributed by atoms with Gasteiger partial charge in [-0.05, 0) is 68.0 Å². The van der Waals surface area contributed by atoms with Crippen LogP contribution in [0, 0.1) is 12.8 Å². The van der Waals surface area contributed by atoms with Crippen molar-refractivity contribution in [2.45, 2.75) is 71.8 Å². The van der Waals surface area contributed by atoms with Crippen LogP contribution in [-0.2, 0) is 6.54 Å². The van der Waals surface area contributed by atoms with E-state index in [9.17, 15) is 9.90 Å². The molecule has 1 N–H and O–H groups in total. The van der Waals surface area contributed by atoms with E-state index in [4.69, 9.17) is 0 Å². The standard InChI is InChI=1S/C32H43N3O2/c1-5-22(2)21-33(4)15-16-34-17-18-35-29-20-25(32(36)37)12-14-26(29)30(24-9-7-6-8-10-24)31(35)27-13-11-23(3)19-28(27)34/h11-14,19-20,22,24H,5-10,15-18,21H2,1-4H3,(H,36,37)/t22-/m0/s1. The van der Waals surface area contributed by atoms with Gasteiger partial charge in [0.1, 0.15) is 0 Å². The normalized spacial score (nSPS) is 17.1. The summed E-state index contributed by atoms with van der Waals surface area (Å²) < 4.78 is 2.45. The van der Waals surface area contributed by atoms with Crippen molar-refractivity contribution in [3.63, 3.8) is 0 Å². The van der Waals surface area contributed by atoms with Crippen LogP contribution in [-0.4, -0.2) is 53.8 Å². The van der Waals surface area contributed by atoms with Gasteiger partial charge in [-0.2, -0.15) is 0 Å². The van der Waals surface area contributed by atoms with Crippen molar-refractivity contribution >= 4 is 22.6 Å². The van der Waals surface area contributed by atoms with Gasteiger partial charge < -0.3 is 19.5 Å². The number of likely N-dealkylation sites (N-methyl/N-ethyl adjacent to an activating group) is 1. The van der Waals surface area contributed by atoms with E-state index in [2.05, 4.69) is 66.5 Å². The molecule has 2 aliphatic rings. The minimum atomic E-state index is -0.854. The van der Waals surface area contributed by atoms with Gasteiger partial charge in [0.05, 0.1) is 11.3 Å². The molecule has 1 atom stereocenters. The molecule has 3 aromatic rings.